The van der Waals surface area contributed by atoms with Crippen molar-refractivity contribution in [2.24, 2.45) is 23.7 Å². The second-order valence-corrected chi connectivity index (χ2v) is 15.0. The summed E-state index contributed by atoms with van der Waals surface area (Å²) in [5.74, 6) is -3.10. The third-order valence-electron chi connectivity index (χ3n) is 5.60. The molecule has 0 amide bonds. The van der Waals surface area contributed by atoms with Gasteiger partial charge in [0.25, 0.3) is 0 Å². The van der Waals surface area contributed by atoms with E-state index in [2.05, 4.69) is 0 Å². The van der Waals surface area contributed by atoms with Gasteiger partial charge in [-0.05, 0) is 60.1 Å². The van der Waals surface area contributed by atoms with Gasteiger partial charge in [0.1, 0.15) is 20.2 Å². The van der Waals surface area contributed by atoms with E-state index >= 15 is 0 Å². The van der Waals surface area contributed by atoms with Crippen LogP contribution < -0.4 is 0 Å². The van der Waals surface area contributed by atoms with E-state index in [0.29, 0.717) is 0 Å². The molecule has 0 radical (unpaired) electrons. The zero-order chi connectivity index (χ0) is 37.0. The number of hydrogen-bond donors (Lipinski definition) is 0. The summed E-state index contributed by atoms with van der Waals surface area (Å²) in [6.07, 6.45) is 0. The fourth-order valence-corrected chi connectivity index (χ4v) is 4.73. The molecule has 2 aromatic carbocycles. The first-order valence-electron chi connectivity index (χ1n) is 14.9. The van der Waals surface area contributed by atoms with Crippen LogP contribution in [0.15, 0.2) is 46.2 Å². The maximum Gasteiger partial charge on any atom is 2.00 e. The van der Waals surface area contributed by atoms with Gasteiger partial charge in [-0.15, -0.1) is 0 Å². The van der Waals surface area contributed by atoms with Crippen molar-refractivity contribution in [3.8, 4) is 0 Å². The molecule has 49 heavy (non-hydrogen) atoms. The van der Waals surface area contributed by atoms with E-state index in [9.17, 15) is 45.1 Å². The van der Waals surface area contributed by atoms with E-state index in [1.165, 1.54) is 12.1 Å². The molecule has 0 bridgehead atoms. The van der Waals surface area contributed by atoms with Gasteiger partial charge in [0.15, 0.2) is 0 Å². The Morgan fingerprint density at radius 1 is 0.510 bits per heavy atom. The van der Waals surface area contributed by atoms with Crippen LogP contribution in [0.3, 0.4) is 0 Å². The molecule has 17 heteroatoms. The summed E-state index contributed by atoms with van der Waals surface area (Å²) in [5.41, 5.74) is -1.03. The van der Waals surface area contributed by atoms with Crippen LogP contribution in [-0.2, 0) is 39.2 Å². The Balaban J connectivity index is 0.000000922. The van der Waals surface area contributed by atoms with Crippen LogP contribution in [-0.4, -0.2) is 99.3 Å². The molecule has 2 aromatic rings. The Labute approximate surface area is 303 Å². The maximum absolute atomic E-state index is 12.0. The molecule has 0 N–H and O–H groups in total. The van der Waals surface area contributed by atoms with Gasteiger partial charge in [-0.1, -0.05) is 55.4 Å². The van der Waals surface area contributed by atoms with Gasteiger partial charge in [-0.3, -0.25) is 0 Å². The van der Waals surface area contributed by atoms with Gasteiger partial charge >= 0.3 is 46.9 Å². The number of carbonyl (C=O) groups is 4. The summed E-state index contributed by atoms with van der Waals surface area (Å²) in [6, 6.07) is 6.30. The quantitative estimate of drug-likeness (QED) is 0.116. The van der Waals surface area contributed by atoms with E-state index in [0.717, 1.165) is 24.3 Å². The molecule has 0 atom stereocenters. The fourth-order valence-electron chi connectivity index (χ4n) is 3.34. The first kappa shape index (κ1) is 45.9. The van der Waals surface area contributed by atoms with Crippen LogP contribution in [0.25, 0.3) is 0 Å². The van der Waals surface area contributed by atoms with Crippen molar-refractivity contribution in [3.05, 3.63) is 58.7 Å². The molecule has 0 fully saturated rings. The molecule has 14 nitrogen and oxygen atoms in total. The standard InChI is InChI=1S/2C16H22O7S.Mg/c2*1-10(2)8-22-15(17)12-5-6-13(14(7-12)24(19,20)21)16(18)23-9-11(3)4;/h2*5-7,10-11H,8-9H2,1-4H3,(H,19,20,21);/q;;+2/p-2. The number of rotatable bonds is 14. The van der Waals surface area contributed by atoms with Crippen molar-refractivity contribution >= 4 is 67.2 Å². The second kappa shape index (κ2) is 20.5. The van der Waals surface area contributed by atoms with E-state index in [1.54, 1.807) is 0 Å². The third kappa shape index (κ3) is 16.4. The number of hydrogen-bond acceptors (Lipinski definition) is 14. The van der Waals surface area contributed by atoms with E-state index < -0.39 is 65.0 Å². The number of esters is 4. The predicted molar refractivity (Wildman–Crippen MR) is 175 cm³/mol. The van der Waals surface area contributed by atoms with Crippen molar-refractivity contribution < 1.29 is 64.1 Å². The molecule has 0 unspecified atom stereocenters. The van der Waals surface area contributed by atoms with Gasteiger partial charge in [0, 0.05) is 0 Å². The molecular formula is C32H42MgO14S2. The zero-order valence-corrected chi connectivity index (χ0v) is 31.9. The summed E-state index contributed by atoms with van der Waals surface area (Å²) < 4.78 is 88.4. The minimum atomic E-state index is -4.96. The van der Waals surface area contributed by atoms with Crippen LogP contribution in [0, 0.1) is 23.7 Å². The van der Waals surface area contributed by atoms with Gasteiger partial charge in [0.2, 0.25) is 0 Å². The van der Waals surface area contributed by atoms with Crippen LogP contribution in [0.1, 0.15) is 96.8 Å². The van der Waals surface area contributed by atoms with Crippen LogP contribution in [0.4, 0.5) is 0 Å². The minimum absolute atomic E-state index is 0. The molecule has 268 valence electrons. The molecule has 0 aromatic heterocycles. The van der Waals surface area contributed by atoms with Gasteiger partial charge in [-0.2, -0.15) is 0 Å². The average Bonchev–Trinajstić information content (AvgIpc) is 2.98. The zero-order valence-electron chi connectivity index (χ0n) is 28.8. The Hall–Kier alpha value is -3.09. The number of carbonyl (C=O) groups excluding carboxylic acids is 4. The molecule has 0 aliphatic rings. The summed E-state index contributed by atoms with van der Waals surface area (Å²) in [7, 11) is -9.93. The monoisotopic (exact) mass is 738 g/mol. The van der Waals surface area contributed by atoms with Gasteiger partial charge < -0.3 is 28.1 Å². The SMILES string of the molecule is CC(C)COC(=O)c1ccc(C(=O)OCC(C)C)c(S(=O)(=O)[O-])c1.CC(C)COC(=O)c1ccc(C(=O)OCC(C)C)c(S(=O)(=O)[O-])c1.[Mg+2]. The summed E-state index contributed by atoms with van der Waals surface area (Å²) in [4.78, 5) is 46.1. The summed E-state index contributed by atoms with van der Waals surface area (Å²) >= 11 is 0. The van der Waals surface area contributed by atoms with Crippen LogP contribution >= 0.6 is 0 Å². The van der Waals surface area contributed by atoms with Crippen molar-refractivity contribution in [1.29, 1.82) is 0 Å². The van der Waals surface area contributed by atoms with E-state index in [4.69, 9.17) is 18.9 Å². The average molecular weight is 739 g/mol. The third-order valence-corrected chi connectivity index (χ3v) is 7.36. The topological polar surface area (TPSA) is 220 Å². The van der Waals surface area contributed by atoms with Crippen molar-refractivity contribution in [3.63, 3.8) is 0 Å². The molecule has 0 heterocycles. The molecular weight excluding hydrogens is 697 g/mol. The Morgan fingerprint density at radius 2 is 0.755 bits per heavy atom. The smallest absolute Gasteiger partial charge is 0.744 e. The minimum Gasteiger partial charge on any atom is -0.744 e. The van der Waals surface area contributed by atoms with Gasteiger partial charge in [-0.25, -0.2) is 36.0 Å². The van der Waals surface area contributed by atoms with E-state index in [1.807, 2.05) is 55.4 Å². The van der Waals surface area contributed by atoms with Crippen LogP contribution in [0.2, 0.25) is 0 Å². The largest absolute Gasteiger partial charge is 2.00 e. The summed E-state index contributed by atoms with van der Waals surface area (Å²) in [6.45, 7) is 15.1. The Morgan fingerprint density at radius 3 is 0.980 bits per heavy atom. The fraction of sp³-hybridized carbons (Fsp3) is 0.500. The van der Waals surface area contributed by atoms with Crippen molar-refractivity contribution in [1.82, 2.24) is 0 Å². The van der Waals surface area contributed by atoms with Crippen molar-refractivity contribution in [2.45, 2.75) is 65.2 Å². The van der Waals surface area contributed by atoms with Crippen molar-refractivity contribution in [2.75, 3.05) is 26.4 Å². The maximum atomic E-state index is 12.0. The predicted octanol–water partition coefficient (Wildman–Crippen LogP) is 4.05. The first-order chi connectivity index (χ1) is 22.0. The molecule has 0 spiro atoms. The summed E-state index contributed by atoms with van der Waals surface area (Å²) in [5, 5.41) is 0. The number of benzene rings is 2. The Bertz CT molecular complexity index is 1540. The molecule has 2 rings (SSSR count). The normalized spacial score (nSPS) is 11.4. The molecule has 0 aliphatic carbocycles. The Kier molecular flexibility index (Phi) is 19.3. The molecule has 0 saturated heterocycles. The van der Waals surface area contributed by atoms with Crippen LogP contribution in [0.5, 0.6) is 0 Å². The molecule has 0 saturated carbocycles. The first-order valence-corrected chi connectivity index (χ1v) is 17.7. The second-order valence-electron chi connectivity index (χ2n) is 12.3. The van der Waals surface area contributed by atoms with Gasteiger partial charge in [0.05, 0.1) is 58.5 Å². The number of ether oxygens (including phenoxy) is 4. The van der Waals surface area contributed by atoms with E-state index in [-0.39, 0.29) is 84.3 Å². The molecule has 0 aliphatic heterocycles.